The van der Waals surface area contributed by atoms with E-state index in [0.717, 1.165) is 18.5 Å². The summed E-state index contributed by atoms with van der Waals surface area (Å²) in [5, 5.41) is 0.0146. The van der Waals surface area contributed by atoms with Crippen LogP contribution in [-0.4, -0.2) is 40.0 Å². The fraction of sp³-hybridized carbons (Fsp3) is 0.353. The van der Waals surface area contributed by atoms with Crippen molar-refractivity contribution in [2.75, 3.05) is 13.1 Å². The first-order valence-corrected chi connectivity index (χ1v) is 8.20. The quantitative estimate of drug-likeness (QED) is 0.920. The van der Waals surface area contributed by atoms with E-state index in [1.54, 1.807) is 11.1 Å². The molecule has 2 aromatic rings. The van der Waals surface area contributed by atoms with Crippen LogP contribution in [0.4, 0.5) is 0 Å². The summed E-state index contributed by atoms with van der Waals surface area (Å²) >= 11 is 5.80. The van der Waals surface area contributed by atoms with Gasteiger partial charge < -0.3 is 14.6 Å². The van der Waals surface area contributed by atoms with Gasteiger partial charge in [0, 0.05) is 25.5 Å². The summed E-state index contributed by atoms with van der Waals surface area (Å²) in [6.07, 6.45) is 4.88. The fourth-order valence-corrected chi connectivity index (χ4v) is 2.88. The summed E-state index contributed by atoms with van der Waals surface area (Å²) in [4.78, 5) is 32.3. The Kier molecular flexibility index (Phi) is 5.27. The minimum Gasteiger partial charge on any atom is -0.370 e. The molecule has 1 aliphatic heterocycles. The van der Waals surface area contributed by atoms with Crippen molar-refractivity contribution in [2.24, 2.45) is 0 Å². The molecule has 1 fully saturated rings. The summed E-state index contributed by atoms with van der Waals surface area (Å²) < 4.78 is 5.89. The van der Waals surface area contributed by atoms with Crippen LogP contribution >= 0.6 is 11.6 Å². The van der Waals surface area contributed by atoms with E-state index in [-0.39, 0.29) is 17.0 Å². The highest BCUT2D eigenvalue weighted by Crippen LogP contribution is 2.17. The van der Waals surface area contributed by atoms with Gasteiger partial charge in [0.2, 0.25) is 0 Å². The number of carbonyl (C=O) groups excluding carboxylic acids is 1. The predicted molar refractivity (Wildman–Crippen MR) is 90.0 cm³/mol. The molecule has 24 heavy (non-hydrogen) atoms. The van der Waals surface area contributed by atoms with Crippen LogP contribution in [0.15, 0.2) is 41.5 Å². The van der Waals surface area contributed by atoms with E-state index < -0.39 is 5.56 Å². The number of halogens is 1. The molecule has 0 radical (unpaired) electrons. The normalized spacial score (nSPS) is 17.7. The summed E-state index contributed by atoms with van der Waals surface area (Å²) in [6.45, 7) is 1.61. The summed E-state index contributed by atoms with van der Waals surface area (Å²) in [5.41, 5.74) is 0.849. The van der Waals surface area contributed by atoms with Gasteiger partial charge in [-0.25, -0.2) is 0 Å². The van der Waals surface area contributed by atoms with Crippen molar-refractivity contribution in [1.82, 2.24) is 14.9 Å². The molecule has 1 aliphatic rings. The van der Waals surface area contributed by atoms with E-state index in [9.17, 15) is 9.59 Å². The van der Waals surface area contributed by atoms with Crippen molar-refractivity contribution >= 4 is 17.5 Å². The Morgan fingerprint density at radius 1 is 1.46 bits per heavy atom. The van der Waals surface area contributed by atoms with Crippen molar-refractivity contribution in [3.8, 4) is 0 Å². The first-order chi connectivity index (χ1) is 11.6. The number of amides is 1. The number of hydrogen-bond acceptors (Lipinski definition) is 4. The van der Waals surface area contributed by atoms with E-state index in [4.69, 9.17) is 16.3 Å². The van der Waals surface area contributed by atoms with Gasteiger partial charge in [-0.3, -0.25) is 14.6 Å². The number of ether oxygens (including phenoxy) is 1. The van der Waals surface area contributed by atoms with Crippen molar-refractivity contribution in [1.29, 1.82) is 0 Å². The topological polar surface area (TPSA) is 75.3 Å². The summed E-state index contributed by atoms with van der Waals surface area (Å²) in [7, 11) is 0. The van der Waals surface area contributed by atoms with Crippen molar-refractivity contribution < 1.29 is 9.53 Å². The lowest BCUT2D eigenvalue weighted by Gasteiger charge is -2.32. The second-order valence-electron chi connectivity index (χ2n) is 5.71. The Morgan fingerprint density at radius 3 is 3.08 bits per heavy atom. The number of hydrogen-bond donors (Lipinski definition) is 1. The number of nitrogens with one attached hydrogen (secondary N) is 1. The minimum absolute atomic E-state index is 0.0146. The van der Waals surface area contributed by atoms with Crippen molar-refractivity contribution in [3.05, 3.63) is 63.3 Å². The van der Waals surface area contributed by atoms with Gasteiger partial charge in [0.1, 0.15) is 5.02 Å². The SMILES string of the molecule is O=C(c1c[nH]c(=O)c(Cl)c1)N1CCCC(OCc2ccccn2)C1. The van der Waals surface area contributed by atoms with Crippen LogP contribution in [0.3, 0.4) is 0 Å². The smallest absolute Gasteiger partial charge is 0.266 e. The van der Waals surface area contributed by atoms with E-state index in [1.807, 2.05) is 18.2 Å². The van der Waals surface area contributed by atoms with Crippen LogP contribution in [0.25, 0.3) is 0 Å². The molecule has 1 atom stereocenters. The van der Waals surface area contributed by atoms with Gasteiger partial charge in [0.15, 0.2) is 0 Å². The van der Waals surface area contributed by atoms with Gasteiger partial charge in [-0.2, -0.15) is 0 Å². The van der Waals surface area contributed by atoms with Crippen LogP contribution in [-0.2, 0) is 11.3 Å². The van der Waals surface area contributed by atoms with E-state index >= 15 is 0 Å². The zero-order valence-corrected chi connectivity index (χ0v) is 13.8. The number of rotatable bonds is 4. The Hall–Kier alpha value is -2.18. The Balaban J connectivity index is 1.61. The third-order valence-electron chi connectivity index (χ3n) is 3.96. The number of H-pyrrole nitrogens is 1. The zero-order chi connectivity index (χ0) is 16.9. The Labute approximate surface area is 144 Å². The number of pyridine rings is 2. The number of likely N-dealkylation sites (tertiary alicyclic amines) is 1. The minimum atomic E-state index is -0.400. The molecule has 0 aromatic carbocycles. The molecular weight excluding hydrogens is 330 g/mol. The average molecular weight is 348 g/mol. The molecule has 7 heteroatoms. The van der Waals surface area contributed by atoms with Crippen molar-refractivity contribution in [3.63, 3.8) is 0 Å². The molecule has 2 aromatic heterocycles. The maximum atomic E-state index is 12.6. The molecule has 1 unspecified atom stereocenters. The lowest BCUT2D eigenvalue weighted by atomic mass is 10.1. The maximum Gasteiger partial charge on any atom is 0.266 e. The second-order valence-corrected chi connectivity index (χ2v) is 6.12. The molecule has 3 rings (SSSR count). The first kappa shape index (κ1) is 16.7. The molecule has 6 nitrogen and oxygen atoms in total. The van der Waals surface area contributed by atoms with Crippen LogP contribution in [0.1, 0.15) is 28.9 Å². The Morgan fingerprint density at radius 2 is 2.33 bits per heavy atom. The number of piperidine rings is 1. The number of aromatic nitrogens is 2. The number of nitrogens with zero attached hydrogens (tertiary/aromatic N) is 2. The molecule has 1 amide bonds. The summed E-state index contributed by atoms with van der Waals surface area (Å²) in [6, 6.07) is 7.09. The molecule has 0 saturated carbocycles. The van der Waals surface area contributed by atoms with E-state index in [0.29, 0.717) is 25.3 Å². The zero-order valence-electron chi connectivity index (χ0n) is 13.1. The maximum absolute atomic E-state index is 12.6. The van der Waals surface area contributed by atoms with Gasteiger partial charge in [-0.1, -0.05) is 17.7 Å². The van der Waals surface area contributed by atoms with E-state index in [1.165, 1.54) is 12.3 Å². The standard InChI is InChI=1S/C17H18ClN3O3/c18-15-8-12(9-20-16(15)22)17(23)21-7-3-5-14(10-21)24-11-13-4-1-2-6-19-13/h1-2,4,6,8-9,14H,3,5,7,10-11H2,(H,20,22). The highest BCUT2D eigenvalue weighted by Gasteiger charge is 2.25. The van der Waals surface area contributed by atoms with E-state index in [2.05, 4.69) is 9.97 Å². The highest BCUT2D eigenvalue weighted by molar-refractivity contribution is 6.30. The monoisotopic (exact) mass is 347 g/mol. The van der Waals surface area contributed by atoms with Crippen LogP contribution in [0.5, 0.6) is 0 Å². The van der Waals surface area contributed by atoms with Gasteiger partial charge >= 0.3 is 0 Å². The number of carbonyl (C=O) groups is 1. The Bertz CT molecular complexity index is 763. The van der Waals surface area contributed by atoms with Crippen LogP contribution < -0.4 is 5.56 Å². The highest BCUT2D eigenvalue weighted by atomic mass is 35.5. The summed E-state index contributed by atoms with van der Waals surface area (Å²) in [5.74, 6) is -0.153. The fourth-order valence-electron chi connectivity index (χ4n) is 2.71. The predicted octanol–water partition coefficient (Wildman–Crippen LogP) is 2.24. The lowest BCUT2D eigenvalue weighted by molar-refractivity contribution is -0.00786. The largest absolute Gasteiger partial charge is 0.370 e. The molecule has 0 bridgehead atoms. The first-order valence-electron chi connectivity index (χ1n) is 7.82. The van der Waals surface area contributed by atoms with Crippen LogP contribution in [0.2, 0.25) is 5.02 Å². The van der Waals surface area contributed by atoms with Crippen molar-refractivity contribution in [2.45, 2.75) is 25.6 Å². The molecule has 3 heterocycles. The molecule has 0 spiro atoms. The molecule has 1 N–H and O–H groups in total. The molecule has 1 saturated heterocycles. The van der Waals surface area contributed by atoms with Gasteiger partial charge in [-0.15, -0.1) is 0 Å². The van der Waals surface area contributed by atoms with Gasteiger partial charge in [0.25, 0.3) is 11.5 Å². The molecule has 126 valence electrons. The third-order valence-corrected chi connectivity index (χ3v) is 4.24. The second kappa shape index (κ2) is 7.59. The lowest BCUT2D eigenvalue weighted by Crippen LogP contribution is -2.43. The third kappa shape index (κ3) is 4.01. The van der Waals surface area contributed by atoms with Gasteiger partial charge in [0.05, 0.1) is 24.0 Å². The van der Waals surface area contributed by atoms with Gasteiger partial charge in [-0.05, 0) is 31.0 Å². The number of aromatic amines is 1. The van der Waals surface area contributed by atoms with Crippen LogP contribution in [0, 0.1) is 0 Å². The molecule has 0 aliphatic carbocycles. The molecular formula is C17H18ClN3O3. The average Bonchev–Trinajstić information content (AvgIpc) is 2.63.